The molecule has 0 radical (unpaired) electrons. The van der Waals surface area contributed by atoms with Crippen molar-refractivity contribution in [3.05, 3.63) is 144 Å². The molecule has 6 nitrogen and oxygen atoms in total. The fraction of sp³-hybridized carbons (Fsp3) is 0.306. The number of nitrogens with zero attached hydrogens (tertiary/aromatic N) is 2. The Morgan fingerprint density at radius 3 is 1.55 bits per heavy atom. The normalized spacial score (nSPS) is 26.9. The molecule has 4 aromatic rings. The van der Waals surface area contributed by atoms with Crippen LogP contribution in [0.15, 0.2) is 121 Å². The summed E-state index contributed by atoms with van der Waals surface area (Å²) in [5.41, 5.74) is 4.47. The van der Waals surface area contributed by atoms with Gasteiger partial charge in [-0.3, -0.25) is 9.80 Å². The SMILES string of the molecule is O=C1C[C@H](c2ccccc2)N2[C@@H]3[C@H](CN12)[C@@H](OCc1ccccc1)[C@H](OCc1ccccc1)[C@H]3OCc1ccccc1. The molecule has 214 valence electrons. The number of hydrogen-bond acceptors (Lipinski definition) is 5. The third kappa shape index (κ3) is 5.39. The highest BCUT2D eigenvalue weighted by molar-refractivity contribution is 5.79. The molecule has 2 aliphatic heterocycles. The molecule has 1 saturated carbocycles. The minimum atomic E-state index is -0.304. The number of carbonyl (C=O) groups is 1. The van der Waals surface area contributed by atoms with Gasteiger partial charge in [0, 0.05) is 18.9 Å². The zero-order valence-corrected chi connectivity index (χ0v) is 23.6. The van der Waals surface area contributed by atoms with Crippen LogP contribution in [0.2, 0.25) is 0 Å². The predicted octanol–water partition coefficient (Wildman–Crippen LogP) is 5.95. The Morgan fingerprint density at radius 2 is 1.02 bits per heavy atom. The Kier molecular flexibility index (Phi) is 7.86. The predicted molar refractivity (Wildman–Crippen MR) is 160 cm³/mol. The van der Waals surface area contributed by atoms with Crippen LogP contribution in [0, 0.1) is 5.92 Å². The van der Waals surface area contributed by atoms with Gasteiger partial charge in [0.25, 0.3) is 0 Å². The van der Waals surface area contributed by atoms with Gasteiger partial charge in [-0.05, 0) is 22.3 Å². The maximum absolute atomic E-state index is 13.4. The highest BCUT2D eigenvalue weighted by atomic mass is 16.6. The number of rotatable bonds is 10. The van der Waals surface area contributed by atoms with Gasteiger partial charge in [0.2, 0.25) is 5.91 Å². The lowest BCUT2D eigenvalue weighted by Crippen LogP contribution is -2.48. The molecular formula is C36H36N2O4. The van der Waals surface area contributed by atoms with E-state index in [1.807, 2.05) is 77.8 Å². The van der Waals surface area contributed by atoms with E-state index in [0.29, 0.717) is 32.8 Å². The molecule has 0 unspecified atom stereocenters. The Hall–Kier alpha value is -3.81. The maximum Gasteiger partial charge on any atom is 0.238 e. The van der Waals surface area contributed by atoms with Crippen molar-refractivity contribution in [2.45, 2.75) is 56.6 Å². The molecule has 0 aromatic heterocycles. The maximum atomic E-state index is 13.4. The molecule has 42 heavy (non-hydrogen) atoms. The first kappa shape index (κ1) is 27.0. The van der Waals surface area contributed by atoms with Crippen LogP contribution in [0.4, 0.5) is 0 Å². The molecule has 0 bridgehead atoms. The molecule has 0 N–H and O–H groups in total. The van der Waals surface area contributed by atoms with E-state index in [1.165, 1.54) is 0 Å². The van der Waals surface area contributed by atoms with Crippen LogP contribution < -0.4 is 0 Å². The van der Waals surface area contributed by atoms with E-state index in [9.17, 15) is 4.79 Å². The van der Waals surface area contributed by atoms with E-state index < -0.39 is 0 Å². The van der Waals surface area contributed by atoms with E-state index in [2.05, 4.69) is 53.5 Å². The third-order valence-corrected chi connectivity index (χ3v) is 8.83. The lowest BCUT2D eigenvalue weighted by atomic mass is 9.97. The Bertz CT molecular complexity index is 1450. The summed E-state index contributed by atoms with van der Waals surface area (Å²) in [6, 6.07) is 41.0. The van der Waals surface area contributed by atoms with Crippen molar-refractivity contribution in [1.29, 1.82) is 0 Å². The summed E-state index contributed by atoms with van der Waals surface area (Å²) < 4.78 is 20.4. The summed E-state index contributed by atoms with van der Waals surface area (Å²) in [6.07, 6.45) is -0.373. The van der Waals surface area contributed by atoms with Gasteiger partial charge in [-0.2, -0.15) is 0 Å². The van der Waals surface area contributed by atoms with Crippen LogP contribution in [0.1, 0.15) is 34.7 Å². The van der Waals surface area contributed by atoms with E-state index in [-0.39, 0.29) is 42.2 Å². The molecule has 1 amide bonds. The van der Waals surface area contributed by atoms with Gasteiger partial charge in [-0.1, -0.05) is 121 Å². The molecule has 3 fully saturated rings. The van der Waals surface area contributed by atoms with Crippen LogP contribution in [0.25, 0.3) is 0 Å². The van der Waals surface area contributed by atoms with E-state index in [0.717, 1.165) is 22.3 Å². The van der Waals surface area contributed by atoms with Crippen molar-refractivity contribution in [1.82, 2.24) is 10.0 Å². The fourth-order valence-electron chi connectivity index (χ4n) is 6.89. The summed E-state index contributed by atoms with van der Waals surface area (Å²) in [5.74, 6) is 0.203. The van der Waals surface area contributed by atoms with Crippen molar-refractivity contribution in [2.24, 2.45) is 5.92 Å². The number of hydrogen-bond donors (Lipinski definition) is 0. The average Bonchev–Trinajstić information content (AvgIpc) is 3.68. The van der Waals surface area contributed by atoms with Crippen molar-refractivity contribution < 1.29 is 19.0 Å². The van der Waals surface area contributed by atoms with Gasteiger partial charge in [0.1, 0.15) is 12.2 Å². The van der Waals surface area contributed by atoms with Gasteiger partial charge >= 0.3 is 0 Å². The summed E-state index contributed by atoms with van der Waals surface area (Å²) in [7, 11) is 0. The lowest BCUT2D eigenvalue weighted by Gasteiger charge is -2.35. The lowest BCUT2D eigenvalue weighted by molar-refractivity contribution is -0.156. The van der Waals surface area contributed by atoms with Crippen molar-refractivity contribution in [2.75, 3.05) is 6.54 Å². The van der Waals surface area contributed by atoms with E-state index >= 15 is 0 Å². The third-order valence-electron chi connectivity index (χ3n) is 8.83. The Morgan fingerprint density at radius 1 is 0.571 bits per heavy atom. The molecule has 4 aromatic carbocycles. The molecule has 2 saturated heterocycles. The fourth-order valence-corrected chi connectivity index (χ4v) is 6.89. The zero-order valence-electron chi connectivity index (χ0n) is 23.6. The van der Waals surface area contributed by atoms with Crippen molar-refractivity contribution in [3.63, 3.8) is 0 Å². The minimum absolute atomic E-state index is 0.0424. The molecule has 2 heterocycles. The van der Waals surface area contributed by atoms with Crippen LogP contribution in [0.3, 0.4) is 0 Å². The highest BCUT2D eigenvalue weighted by Crippen LogP contribution is 2.50. The topological polar surface area (TPSA) is 51.2 Å². The number of amides is 1. The molecule has 6 heteroatoms. The Balaban J connectivity index is 1.23. The summed E-state index contributed by atoms with van der Waals surface area (Å²) in [6.45, 7) is 2.00. The molecule has 3 aliphatic rings. The van der Waals surface area contributed by atoms with Gasteiger partial charge in [0.05, 0.1) is 38.0 Å². The second-order valence-electron chi connectivity index (χ2n) is 11.4. The largest absolute Gasteiger partial charge is 0.370 e. The van der Waals surface area contributed by atoms with Gasteiger partial charge < -0.3 is 14.2 Å². The average molecular weight is 561 g/mol. The van der Waals surface area contributed by atoms with Crippen LogP contribution >= 0.6 is 0 Å². The number of hydrazine groups is 1. The number of benzene rings is 4. The van der Waals surface area contributed by atoms with Gasteiger partial charge in [-0.15, -0.1) is 0 Å². The van der Waals surface area contributed by atoms with Crippen LogP contribution in [0.5, 0.6) is 0 Å². The number of carbonyl (C=O) groups excluding carboxylic acids is 1. The van der Waals surface area contributed by atoms with E-state index in [4.69, 9.17) is 14.2 Å². The molecular weight excluding hydrogens is 524 g/mol. The van der Waals surface area contributed by atoms with Crippen LogP contribution in [-0.4, -0.2) is 46.8 Å². The standard InChI is InChI=1S/C36H36N2O4/c39-32-21-31(29-19-11-4-12-20-29)38-33-30(22-37(32)38)34(40-23-26-13-5-1-6-14-26)36(42-25-28-17-9-3-10-18-28)35(33)41-24-27-15-7-2-8-16-27/h1-20,30-31,33-36H,21-25H2/t30-,31+,33+,34+,35-,36-/m0/s1. The summed E-state index contributed by atoms with van der Waals surface area (Å²) >= 11 is 0. The van der Waals surface area contributed by atoms with Gasteiger partial charge in [-0.25, -0.2) is 5.01 Å². The summed E-state index contributed by atoms with van der Waals surface area (Å²) in [5, 5.41) is 4.25. The first-order valence-electron chi connectivity index (χ1n) is 14.9. The summed E-state index contributed by atoms with van der Waals surface area (Å²) in [4.78, 5) is 13.4. The number of ether oxygens (including phenoxy) is 3. The van der Waals surface area contributed by atoms with Gasteiger partial charge in [0.15, 0.2) is 0 Å². The number of fused-ring (bicyclic) bond motifs is 3. The second-order valence-corrected chi connectivity index (χ2v) is 11.4. The first-order valence-corrected chi connectivity index (χ1v) is 14.9. The zero-order chi connectivity index (χ0) is 28.3. The molecule has 1 aliphatic carbocycles. The molecule has 6 atom stereocenters. The monoisotopic (exact) mass is 560 g/mol. The molecule has 0 spiro atoms. The minimum Gasteiger partial charge on any atom is -0.370 e. The smallest absolute Gasteiger partial charge is 0.238 e. The molecule has 7 rings (SSSR count). The second kappa shape index (κ2) is 12.2. The first-order chi connectivity index (χ1) is 20.8. The van der Waals surface area contributed by atoms with E-state index in [1.54, 1.807) is 0 Å². The van der Waals surface area contributed by atoms with Crippen LogP contribution in [-0.2, 0) is 38.8 Å². The Labute approximate surface area is 247 Å². The van der Waals surface area contributed by atoms with Crippen molar-refractivity contribution >= 4 is 5.91 Å². The quantitative estimate of drug-likeness (QED) is 0.240. The van der Waals surface area contributed by atoms with Crippen molar-refractivity contribution in [3.8, 4) is 0 Å². The highest BCUT2D eigenvalue weighted by Gasteiger charge is 2.64.